The Morgan fingerprint density at radius 3 is 2.59 bits per heavy atom. The number of hydrogen-bond acceptors (Lipinski definition) is 3. The predicted octanol–water partition coefficient (Wildman–Crippen LogP) is 2.77. The molecule has 0 amide bonds. The van der Waals surface area contributed by atoms with Crippen molar-refractivity contribution in [3.05, 3.63) is 48.0 Å². The van der Waals surface area contributed by atoms with E-state index in [4.69, 9.17) is 4.74 Å². The number of carbonyl (C=O) groups excluding carboxylic acids is 2. The van der Waals surface area contributed by atoms with Gasteiger partial charge in [-0.15, -0.1) is 6.58 Å². The summed E-state index contributed by atoms with van der Waals surface area (Å²) in [6, 6.07) is 8.63. The van der Waals surface area contributed by atoms with Crippen molar-refractivity contribution in [2.75, 3.05) is 0 Å². The van der Waals surface area contributed by atoms with Gasteiger partial charge in [0.1, 0.15) is 0 Å². The summed E-state index contributed by atoms with van der Waals surface area (Å²) in [6.07, 6.45) is 1.12. The van der Waals surface area contributed by atoms with Crippen molar-refractivity contribution in [1.29, 1.82) is 0 Å². The topological polar surface area (TPSA) is 43.4 Å². The Balaban J connectivity index is 2.54. The molecule has 17 heavy (non-hydrogen) atoms. The van der Waals surface area contributed by atoms with E-state index in [1.807, 2.05) is 13.0 Å². The molecule has 90 valence electrons. The summed E-state index contributed by atoms with van der Waals surface area (Å²) in [5.74, 6) is -0.468. The van der Waals surface area contributed by atoms with Crippen LogP contribution in [0.5, 0.6) is 0 Å². The van der Waals surface area contributed by atoms with Gasteiger partial charge in [0.25, 0.3) is 0 Å². The molecule has 0 saturated heterocycles. The van der Waals surface area contributed by atoms with Gasteiger partial charge in [-0.1, -0.05) is 23.8 Å². The van der Waals surface area contributed by atoms with Gasteiger partial charge >= 0.3 is 5.97 Å². The normalized spacial score (nSPS) is 11.6. The van der Waals surface area contributed by atoms with Crippen molar-refractivity contribution in [1.82, 2.24) is 0 Å². The second kappa shape index (κ2) is 6.63. The van der Waals surface area contributed by atoms with E-state index < -0.39 is 12.1 Å². The number of benzene rings is 1. The highest BCUT2D eigenvalue weighted by Gasteiger charge is 2.14. The van der Waals surface area contributed by atoms with Crippen molar-refractivity contribution >= 4 is 12.3 Å². The summed E-state index contributed by atoms with van der Waals surface area (Å²) in [5, 5.41) is 0. The zero-order valence-electron chi connectivity index (χ0n) is 9.89. The molecule has 1 aromatic carbocycles. The zero-order valence-corrected chi connectivity index (χ0v) is 9.89. The Morgan fingerprint density at radius 2 is 2.06 bits per heavy atom. The summed E-state index contributed by atoms with van der Waals surface area (Å²) in [5.41, 5.74) is 1.42. The maximum absolute atomic E-state index is 11.7. The number of ether oxygens (including phenoxy) is 1. The highest BCUT2D eigenvalue weighted by molar-refractivity contribution is 5.90. The van der Waals surface area contributed by atoms with Crippen LogP contribution >= 0.6 is 0 Å². The molecule has 1 aromatic rings. The summed E-state index contributed by atoms with van der Waals surface area (Å²) < 4.78 is 5.09. The first-order valence-corrected chi connectivity index (χ1v) is 5.49. The van der Waals surface area contributed by atoms with Gasteiger partial charge in [0.15, 0.2) is 12.4 Å². The highest BCUT2D eigenvalue weighted by atomic mass is 16.5. The number of carbonyl (C=O) groups is 2. The molecule has 1 rings (SSSR count). The van der Waals surface area contributed by atoms with Crippen LogP contribution in [0.4, 0.5) is 0 Å². The third-order valence-electron chi connectivity index (χ3n) is 2.28. The molecule has 0 bridgehead atoms. The Bertz CT molecular complexity index is 395. The fourth-order valence-corrected chi connectivity index (χ4v) is 1.32. The molecule has 0 aliphatic heterocycles. The van der Waals surface area contributed by atoms with E-state index in [1.165, 1.54) is 0 Å². The maximum atomic E-state index is 11.7. The smallest absolute Gasteiger partial charge is 0.338 e. The molecular weight excluding hydrogens is 216 g/mol. The second-order valence-corrected chi connectivity index (χ2v) is 3.94. The van der Waals surface area contributed by atoms with Crippen LogP contribution in [0.1, 0.15) is 30.1 Å². The summed E-state index contributed by atoms with van der Waals surface area (Å²) in [6.45, 7) is 5.62. The fraction of sp³-hybridized carbons (Fsp3) is 0.286. The van der Waals surface area contributed by atoms with Crippen LogP contribution in [0.25, 0.3) is 0 Å². The van der Waals surface area contributed by atoms with E-state index in [-0.39, 0.29) is 0 Å². The lowest BCUT2D eigenvalue weighted by atomic mass is 10.1. The van der Waals surface area contributed by atoms with Crippen molar-refractivity contribution < 1.29 is 14.3 Å². The molecule has 1 atom stereocenters. The third kappa shape index (κ3) is 4.64. The lowest BCUT2D eigenvalue weighted by Gasteiger charge is -2.11. The average molecular weight is 232 g/mol. The molecule has 0 saturated carbocycles. The Kier molecular flexibility index (Phi) is 5.14. The van der Waals surface area contributed by atoms with Crippen LogP contribution in [0.3, 0.4) is 0 Å². The van der Waals surface area contributed by atoms with E-state index in [9.17, 15) is 9.59 Å². The molecule has 0 radical (unpaired) electrons. The van der Waals surface area contributed by atoms with Gasteiger partial charge in [0.2, 0.25) is 0 Å². The quantitative estimate of drug-likeness (QED) is 0.430. The van der Waals surface area contributed by atoms with Gasteiger partial charge in [0.05, 0.1) is 5.56 Å². The van der Waals surface area contributed by atoms with Crippen molar-refractivity contribution in [3.8, 4) is 0 Å². The maximum Gasteiger partial charge on any atom is 0.338 e. The van der Waals surface area contributed by atoms with Crippen molar-refractivity contribution in [3.63, 3.8) is 0 Å². The predicted molar refractivity (Wildman–Crippen MR) is 65.8 cm³/mol. The third-order valence-corrected chi connectivity index (χ3v) is 2.28. The largest absolute Gasteiger partial charge is 0.451 e. The van der Waals surface area contributed by atoms with Crippen LogP contribution in [0.2, 0.25) is 0 Å². The van der Waals surface area contributed by atoms with E-state index in [2.05, 4.69) is 6.58 Å². The molecule has 0 unspecified atom stereocenters. The van der Waals surface area contributed by atoms with Crippen LogP contribution in [0.15, 0.2) is 42.5 Å². The fourth-order valence-electron chi connectivity index (χ4n) is 1.32. The summed E-state index contributed by atoms with van der Waals surface area (Å²) >= 11 is 0. The molecule has 0 aliphatic rings. The van der Waals surface area contributed by atoms with Crippen LogP contribution < -0.4 is 0 Å². The zero-order chi connectivity index (χ0) is 12.7. The lowest BCUT2D eigenvalue weighted by molar-refractivity contribution is -0.115. The van der Waals surface area contributed by atoms with Crippen LogP contribution in [-0.4, -0.2) is 18.4 Å². The Hall–Kier alpha value is -1.90. The SMILES string of the molecule is C=C(C)CC[C@H](C=O)OC(=O)c1ccccc1. The van der Waals surface area contributed by atoms with Gasteiger partial charge in [0, 0.05) is 0 Å². The molecular formula is C14H16O3. The number of rotatable bonds is 6. The van der Waals surface area contributed by atoms with Crippen molar-refractivity contribution in [2.45, 2.75) is 25.9 Å². The standard InChI is InChI=1S/C14H16O3/c1-11(2)8-9-13(10-15)17-14(16)12-6-4-3-5-7-12/h3-7,10,13H,1,8-9H2,2H3/t13-/m1/s1. The number of hydrogen-bond donors (Lipinski definition) is 0. The Labute approximate surface area is 101 Å². The molecule has 0 fully saturated rings. The van der Waals surface area contributed by atoms with Gasteiger partial charge < -0.3 is 4.74 Å². The monoisotopic (exact) mass is 232 g/mol. The second-order valence-electron chi connectivity index (χ2n) is 3.94. The van der Waals surface area contributed by atoms with Crippen LogP contribution in [-0.2, 0) is 9.53 Å². The van der Waals surface area contributed by atoms with Crippen molar-refractivity contribution in [2.24, 2.45) is 0 Å². The van der Waals surface area contributed by atoms with Gasteiger partial charge in [-0.3, -0.25) is 4.79 Å². The molecule has 0 N–H and O–H groups in total. The van der Waals surface area contributed by atoms with Crippen LogP contribution in [0, 0.1) is 0 Å². The summed E-state index contributed by atoms with van der Waals surface area (Å²) in [7, 11) is 0. The minimum absolute atomic E-state index is 0.453. The molecule has 0 heterocycles. The lowest BCUT2D eigenvalue weighted by Crippen LogP contribution is -2.19. The molecule has 0 spiro atoms. The number of aldehydes is 1. The van der Waals surface area contributed by atoms with Gasteiger partial charge in [-0.25, -0.2) is 4.79 Å². The van der Waals surface area contributed by atoms with E-state index >= 15 is 0 Å². The molecule has 0 aliphatic carbocycles. The number of allylic oxidation sites excluding steroid dienone is 1. The van der Waals surface area contributed by atoms with Gasteiger partial charge in [-0.05, 0) is 31.9 Å². The molecule has 0 aromatic heterocycles. The first kappa shape index (κ1) is 13.2. The highest BCUT2D eigenvalue weighted by Crippen LogP contribution is 2.09. The van der Waals surface area contributed by atoms with Gasteiger partial charge in [-0.2, -0.15) is 0 Å². The number of esters is 1. The van der Waals surface area contributed by atoms with E-state index in [1.54, 1.807) is 24.3 Å². The van der Waals surface area contributed by atoms with E-state index in [0.29, 0.717) is 24.7 Å². The molecule has 3 nitrogen and oxygen atoms in total. The summed E-state index contributed by atoms with van der Waals surface area (Å²) in [4.78, 5) is 22.4. The minimum Gasteiger partial charge on any atom is -0.451 e. The van der Waals surface area contributed by atoms with E-state index in [0.717, 1.165) is 5.57 Å². The minimum atomic E-state index is -0.695. The molecule has 3 heteroatoms. The Morgan fingerprint density at radius 1 is 1.41 bits per heavy atom. The first-order chi connectivity index (χ1) is 8.13. The average Bonchev–Trinajstić information content (AvgIpc) is 2.35. The first-order valence-electron chi connectivity index (χ1n) is 5.49.